The van der Waals surface area contributed by atoms with Crippen LogP contribution in [0.4, 0.5) is 0 Å². The van der Waals surface area contributed by atoms with E-state index in [0.29, 0.717) is 10.9 Å². The van der Waals surface area contributed by atoms with Gasteiger partial charge in [-0.15, -0.1) is 0 Å². The van der Waals surface area contributed by atoms with E-state index in [1.54, 1.807) is 13.0 Å². The van der Waals surface area contributed by atoms with Gasteiger partial charge >= 0.3 is 5.97 Å². The smallest absolute Gasteiger partial charge is 0.340 e. The summed E-state index contributed by atoms with van der Waals surface area (Å²) in [6, 6.07) is 1.69. The summed E-state index contributed by atoms with van der Waals surface area (Å²) in [5.41, 5.74) is 0.604. The molecule has 0 aromatic carbocycles. The van der Waals surface area contributed by atoms with Crippen LogP contribution >= 0.6 is 0 Å². The van der Waals surface area contributed by atoms with Crippen molar-refractivity contribution < 1.29 is 9.53 Å². The van der Waals surface area contributed by atoms with E-state index in [4.69, 9.17) is 4.74 Å². The number of aromatic nitrogens is 2. The van der Waals surface area contributed by atoms with Gasteiger partial charge in [-0.1, -0.05) is 0 Å². The summed E-state index contributed by atoms with van der Waals surface area (Å²) in [7, 11) is 0. The first-order valence-electron chi connectivity index (χ1n) is 4.60. The zero-order valence-corrected chi connectivity index (χ0v) is 8.16. The number of aromatic amines is 2. The van der Waals surface area contributed by atoms with Gasteiger partial charge in [-0.2, -0.15) is 0 Å². The Bertz CT molecular complexity index is 553. The fraction of sp³-hybridized carbons (Fsp3) is 0.200. The number of hydrogen-bond acceptors (Lipinski definition) is 3. The maximum atomic E-state index is 11.5. The number of hydrogen-bond donors (Lipinski definition) is 2. The number of H-pyrrole nitrogens is 2. The van der Waals surface area contributed by atoms with Crippen LogP contribution in [-0.2, 0) is 4.74 Å². The lowest BCUT2D eigenvalue weighted by Gasteiger charge is -1.98. The van der Waals surface area contributed by atoms with Crippen molar-refractivity contribution in [3.63, 3.8) is 0 Å². The topological polar surface area (TPSA) is 75.0 Å². The molecular formula is C10H10N2O3. The molecule has 0 atom stereocenters. The minimum atomic E-state index is -0.486. The number of esters is 1. The van der Waals surface area contributed by atoms with Gasteiger partial charge in [0.15, 0.2) is 0 Å². The van der Waals surface area contributed by atoms with Crippen LogP contribution in [0.1, 0.15) is 17.3 Å². The van der Waals surface area contributed by atoms with Crippen molar-refractivity contribution in [2.75, 3.05) is 6.61 Å². The summed E-state index contributed by atoms with van der Waals surface area (Å²) in [5, 5.41) is 0.343. The van der Waals surface area contributed by atoms with E-state index >= 15 is 0 Å². The molecule has 5 heteroatoms. The van der Waals surface area contributed by atoms with E-state index < -0.39 is 5.97 Å². The number of carbonyl (C=O) groups excluding carboxylic acids is 1. The van der Waals surface area contributed by atoms with Gasteiger partial charge in [0, 0.05) is 12.4 Å². The monoisotopic (exact) mass is 206 g/mol. The summed E-state index contributed by atoms with van der Waals surface area (Å²) >= 11 is 0. The number of ether oxygens (including phenoxy) is 1. The highest BCUT2D eigenvalue weighted by atomic mass is 16.5. The predicted octanol–water partition coefficient (Wildman–Crippen LogP) is 1.03. The molecule has 15 heavy (non-hydrogen) atoms. The van der Waals surface area contributed by atoms with Crippen LogP contribution in [0.25, 0.3) is 10.9 Å². The lowest BCUT2D eigenvalue weighted by atomic mass is 10.2. The Kier molecular flexibility index (Phi) is 2.29. The van der Waals surface area contributed by atoms with Crippen molar-refractivity contribution >= 4 is 16.9 Å². The first kappa shape index (κ1) is 9.51. The molecule has 0 aliphatic rings. The van der Waals surface area contributed by atoms with Crippen LogP contribution in [0, 0.1) is 0 Å². The second-order valence-corrected chi connectivity index (χ2v) is 3.02. The third-order valence-electron chi connectivity index (χ3n) is 2.10. The lowest BCUT2D eigenvalue weighted by Crippen LogP contribution is -2.10. The highest BCUT2D eigenvalue weighted by Gasteiger charge is 2.14. The SMILES string of the molecule is CCOC(=O)c1c[nH]c2cc[nH]c(=O)c12. The van der Waals surface area contributed by atoms with Crippen molar-refractivity contribution in [1.82, 2.24) is 9.97 Å². The molecule has 0 spiro atoms. The minimum Gasteiger partial charge on any atom is -0.462 e. The molecule has 2 aromatic rings. The van der Waals surface area contributed by atoms with Gasteiger partial charge in [-0.05, 0) is 13.0 Å². The molecule has 2 rings (SSSR count). The van der Waals surface area contributed by atoms with Gasteiger partial charge in [-0.3, -0.25) is 4.79 Å². The molecule has 0 saturated heterocycles. The largest absolute Gasteiger partial charge is 0.462 e. The Morgan fingerprint density at radius 2 is 2.27 bits per heavy atom. The summed E-state index contributed by atoms with van der Waals surface area (Å²) < 4.78 is 4.84. The van der Waals surface area contributed by atoms with Crippen LogP contribution in [0.15, 0.2) is 23.3 Å². The molecule has 5 nitrogen and oxygen atoms in total. The number of rotatable bonds is 2. The maximum absolute atomic E-state index is 11.5. The zero-order chi connectivity index (χ0) is 10.8. The highest BCUT2D eigenvalue weighted by Crippen LogP contribution is 2.13. The van der Waals surface area contributed by atoms with Crippen molar-refractivity contribution in [1.29, 1.82) is 0 Å². The fourth-order valence-corrected chi connectivity index (χ4v) is 1.46. The standard InChI is InChI=1S/C10H10N2O3/c1-2-15-10(14)6-5-12-7-3-4-11-9(13)8(6)7/h3-5,12H,2H2,1H3,(H,11,13). The summed E-state index contributed by atoms with van der Waals surface area (Å²) in [4.78, 5) is 28.3. The van der Waals surface area contributed by atoms with E-state index in [-0.39, 0.29) is 17.7 Å². The van der Waals surface area contributed by atoms with Gasteiger partial charge in [0.05, 0.1) is 23.1 Å². The molecular weight excluding hydrogens is 196 g/mol. The number of fused-ring (bicyclic) bond motifs is 1. The first-order chi connectivity index (χ1) is 7.24. The van der Waals surface area contributed by atoms with Crippen molar-refractivity contribution in [3.8, 4) is 0 Å². The zero-order valence-electron chi connectivity index (χ0n) is 8.16. The second-order valence-electron chi connectivity index (χ2n) is 3.02. The Labute approximate surface area is 85.1 Å². The third kappa shape index (κ3) is 1.52. The number of carbonyl (C=O) groups is 1. The normalized spacial score (nSPS) is 10.5. The van der Waals surface area contributed by atoms with Crippen molar-refractivity contribution in [3.05, 3.63) is 34.4 Å². The minimum absolute atomic E-state index is 0.272. The maximum Gasteiger partial charge on any atom is 0.340 e. The molecule has 0 amide bonds. The van der Waals surface area contributed by atoms with Gasteiger partial charge < -0.3 is 14.7 Å². The van der Waals surface area contributed by atoms with E-state index in [0.717, 1.165) is 0 Å². The molecule has 0 aliphatic heterocycles. The van der Waals surface area contributed by atoms with E-state index in [1.165, 1.54) is 12.4 Å². The third-order valence-corrected chi connectivity index (χ3v) is 2.10. The van der Waals surface area contributed by atoms with Crippen molar-refractivity contribution in [2.24, 2.45) is 0 Å². The summed E-state index contributed by atoms with van der Waals surface area (Å²) in [6.45, 7) is 2.01. The Hall–Kier alpha value is -2.04. The van der Waals surface area contributed by atoms with E-state index in [9.17, 15) is 9.59 Å². The molecule has 78 valence electrons. The highest BCUT2D eigenvalue weighted by molar-refractivity contribution is 6.03. The summed E-state index contributed by atoms with van der Waals surface area (Å²) in [6.07, 6.45) is 3.01. The van der Waals surface area contributed by atoms with Gasteiger partial charge in [-0.25, -0.2) is 4.79 Å². The molecule has 0 unspecified atom stereocenters. The van der Waals surface area contributed by atoms with Gasteiger partial charge in [0.1, 0.15) is 0 Å². The second kappa shape index (κ2) is 3.61. The van der Waals surface area contributed by atoms with Crippen LogP contribution in [0.3, 0.4) is 0 Å². The fourth-order valence-electron chi connectivity index (χ4n) is 1.46. The van der Waals surface area contributed by atoms with Crippen LogP contribution in [0.5, 0.6) is 0 Å². The average Bonchev–Trinajstić information content (AvgIpc) is 2.63. The van der Waals surface area contributed by atoms with Crippen molar-refractivity contribution in [2.45, 2.75) is 6.92 Å². The van der Waals surface area contributed by atoms with Crippen LogP contribution in [0.2, 0.25) is 0 Å². The molecule has 2 N–H and O–H groups in total. The van der Waals surface area contributed by atoms with Crippen LogP contribution in [-0.4, -0.2) is 22.5 Å². The van der Waals surface area contributed by atoms with E-state index in [2.05, 4.69) is 9.97 Å². The molecule has 2 aromatic heterocycles. The van der Waals surface area contributed by atoms with E-state index in [1.807, 2.05) is 0 Å². The Morgan fingerprint density at radius 3 is 3.00 bits per heavy atom. The van der Waals surface area contributed by atoms with Gasteiger partial charge in [0.25, 0.3) is 5.56 Å². The molecule has 2 heterocycles. The molecule has 0 radical (unpaired) electrons. The Morgan fingerprint density at radius 1 is 1.47 bits per heavy atom. The first-order valence-corrected chi connectivity index (χ1v) is 4.60. The predicted molar refractivity (Wildman–Crippen MR) is 54.9 cm³/mol. The Balaban J connectivity index is 2.62. The molecule has 0 bridgehead atoms. The molecule has 0 fully saturated rings. The molecule has 0 saturated carbocycles. The number of nitrogens with one attached hydrogen (secondary N) is 2. The lowest BCUT2D eigenvalue weighted by molar-refractivity contribution is 0.0528. The molecule has 0 aliphatic carbocycles. The summed E-state index contributed by atoms with van der Waals surface area (Å²) in [5.74, 6) is -0.486. The quantitative estimate of drug-likeness (QED) is 0.720. The van der Waals surface area contributed by atoms with Crippen LogP contribution < -0.4 is 5.56 Å². The van der Waals surface area contributed by atoms with Gasteiger partial charge in [0.2, 0.25) is 0 Å². The average molecular weight is 206 g/mol. The number of pyridine rings is 1.